The molecule has 0 saturated carbocycles. The van der Waals surface area contributed by atoms with Crippen LogP contribution in [0.5, 0.6) is 0 Å². The maximum atomic E-state index is 12.7. The molecule has 0 aliphatic heterocycles. The van der Waals surface area contributed by atoms with Gasteiger partial charge in [0.1, 0.15) is 11.9 Å². The lowest BCUT2D eigenvalue weighted by molar-refractivity contribution is -0.122. The highest BCUT2D eigenvalue weighted by Gasteiger charge is 2.31. The number of carbonyl (C=O) groups is 1. The fraction of sp³-hybridized carbons (Fsp3) is 0.250. The van der Waals surface area contributed by atoms with E-state index in [0.717, 1.165) is 5.56 Å². The maximum Gasteiger partial charge on any atom is 0.241 e. The zero-order chi connectivity index (χ0) is 20.0. The number of rotatable bonds is 5. The molecule has 0 aliphatic carbocycles. The second kappa shape index (κ2) is 6.28. The molecule has 2 aromatic heterocycles. The molecule has 0 aliphatic rings. The Morgan fingerprint density at radius 2 is 1.96 bits per heavy atom. The van der Waals surface area contributed by atoms with Crippen LogP contribution in [0, 0.1) is 6.92 Å². The van der Waals surface area contributed by atoms with Gasteiger partial charge in [-0.05, 0) is 38.5 Å². The fourth-order valence-electron chi connectivity index (χ4n) is 2.51. The van der Waals surface area contributed by atoms with E-state index in [1.165, 1.54) is 36.8 Å². The molecule has 3 aromatic rings. The van der Waals surface area contributed by atoms with Crippen molar-refractivity contribution in [3.63, 3.8) is 0 Å². The summed E-state index contributed by atoms with van der Waals surface area (Å²) in [5.74, 6) is -0.574. The van der Waals surface area contributed by atoms with Crippen LogP contribution in [0.3, 0.4) is 0 Å². The topological polar surface area (TPSA) is 158 Å². The molecule has 0 saturated heterocycles. The van der Waals surface area contributed by atoms with Crippen molar-refractivity contribution in [3.8, 4) is 11.3 Å². The first-order chi connectivity index (χ1) is 12.5. The summed E-state index contributed by atoms with van der Waals surface area (Å²) in [6.07, 6.45) is 2.83. The van der Waals surface area contributed by atoms with E-state index in [-0.39, 0.29) is 10.7 Å². The first kappa shape index (κ1) is 18.7. The van der Waals surface area contributed by atoms with Gasteiger partial charge in [0.25, 0.3) is 0 Å². The Balaban J connectivity index is 2.12. The monoisotopic (exact) mass is 389 g/mol. The highest BCUT2D eigenvalue weighted by Crippen LogP contribution is 2.27. The summed E-state index contributed by atoms with van der Waals surface area (Å²) in [7, 11) is -3.99. The largest absolute Gasteiger partial charge is 0.381 e. The summed E-state index contributed by atoms with van der Waals surface area (Å²) < 4.78 is 29.2. The Bertz CT molecular complexity index is 1150. The van der Waals surface area contributed by atoms with Crippen molar-refractivity contribution in [1.29, 1.82) is 0 Å². The van der Waals surface area contributed by atoms with E-state index in [0.29, 0.717) is 16.9 Å². The fourth-order valence-corrected chi connectivity index (χ4v) is 3.92. The number of nitrogens with two attached hydrogens (primary N) is 2. The van der Waals surface area contributed by atoms with E-state index in [2.05, 4.69) is 19.8 Å². The van der Waals surface area contributed by atoms with E-state index < -0.39 is 21.5 Å². The number of benzene rings is 1. The normalized spacial score (nSPS) is 12.4. The summed E-state index contributed by atoms with van der Waals surface area (Å²) in [6.45, 7) is 4.62. The number of sulfonamides is 1. The molecule has 27 heavy (non-hydrogen) atoms. The summed E-state index contributed by atoms with van der Waals surface area (Å²) in [5, 5.41) is 4.13. The van der Waals surface area contributed by atoms with Crippen molar-refractivity contribution >= 4 is 27.4 Å². The van der Waals surface area contributed by atoms with Crippen LogP contribution >= 0.6 is 0 Å². The molecule has 0 unspecified atom stereocenters. The molecule has 0 atom stereocenters. The molecule has 0 bridgehead atoms. The van der Waals surface area contributed by atoms with Crippen LogP contribution in [-0.2, 0) is 14.8 Å². The van der Waals surface area contributed by atoms with Gasteiger partial charge in [-0.15, -0.1) is 0 Å². The number of amides is 1. The van der Waals surface area contributed by atoms with Crippen LogP contribution in [0.25, 0.3) is 16.9 Å². The minimum absolute atomic E-state index is 0.0191. The number of carbonyl (C=O) groups excluding carboxylic acids is 1. The summed E-state index contributed by atoms with van der Waals surface area (Å²) in [5.41, 5.74) is 12.0. The van der Waals surface area contributed by atoms with Gasteiger partial charge in [-0.1, -0.05) is 6.07 Å². The lowest BCUT2D eigenvalue weighted by Gasteiger charge is -2.22. The number of hydrogen-bond acceptors (Lipinski definition) is 7. The standard InChI is InChI=1S/C16H19N7O3S/c1-9-4-5-10(27(25,26)22-16(2,3)15(18)24)6-11(9)12-7-19-14-13(17)20-8-21-23(12)14/h4-8,22H,1-3H3,(H2,18,24)(H2,17,20,21). The van der Waals surface area contributed by atoms with Crippen LogP contribution in [0.2, 0.25) is 0 Å². The number of anilines is 1. The molecule has 10 nitrogen and oxygen atoms in total. The third kappa shape index (κ3) is 3.34. The molecule has 0 radical (unpaired) electrons. The SMILES string of the molecule is Cc1ccc(S(=O)(=O)NC(C)(C)C(N)=O)cc1-c1cnc2c(N)ncnn12. The molecular weight excluding hydrogens is 370 g/mol. The molecule has 0 spiro atoms. The minimum atomic E-state index is -3.99. The number of aromatic nitrogens is 4. The molecule has 11 heteroatoms. The molecule has 2 heterocycles. The number of primary amides is 1. The lowest BCUT2D eigenvalue weighted by Crippen LogP contribution is -2.52. The lowest BCUT2D eigenvalue weighted by atomic mass is 10.1. The van der Waals surface area contributed by atoms with Gasteiger partial charge >= 0.3 is 0 Å². The summed E-state index contributed by atoms with van der Waals surface area (Å²) in [6, 6.07) is 4.59. The number of fused-ring (bicyclic) bond motifs is 1. The molecule has 1 aromatic carbocycles. The van der Waals surface area contributed by atoms with Crippen LogP contribution < -0.4 is 16.2 Å². The van der Waals surface area contributed by atoms with E-state index in [1.807, 2.05) is 6.92 Å². The number of nitrogens with one attached hydrogen (secondary N) is 1. The third-order valence-corrected chi connectivity index (χ3v) is 5.79. The van der Waals surface area contributed by atoms with Crippen LogP contribution in [-0.4, -0.2) is 39.4 Å². The van der Waals surface area contributed by atoms with Crippen molar-refractivity contribution in [1.82, 2.24) is 24.3 Å². The predicted octanol–water partition coefficient (Wildman–Crippen LogP) is 0.224. The van der Waals surface area contributed by atoms with Crippen LogP contribution in [0.15, 0.2) is 35.6 Å². The van der Waals surface area contributed by atoms with Gasteiger partial charge in [0.15, 0.2) is 11.5 Å². The molecule has 5 N–H and O–H groups in total. The highest BCUT2D eigenvalue weighted by molar-refractivity contribution is 7.89. The van der Waals surface area contributed by atoms with Crippen molar-refractivity contribution in [2.45, 2.75) is 31.2 Å². The molecular formula is C16H19N7O3S. The van der Waals surface area contributed by atoms with Crippen molar-refractivity contribution in [2.75, 3.05) is 5.73 Å². The first-order valence-corrected chi connectivity index (χ1v) is 9.40. The third-order valence-electron chi connectivity index (χ3n) is 4.13. The summed E-state index contributed by atoms with van der Waals surface area (Å²) in [4.78, 5) is 19.5. The Labute approximate surface area is 155 Å². The second-order valence-electron chi connectivity index (χ2n) is 6.60. The number of imidazole rings is 1. The average molecular weight is 389 g/mol. The van der Waals surface area contributed by atoms with Crippen molar-refractivity contribution in [3.05, 3.63) is 36.3 Å². The summed E-state index contributed by atoms with van der Waals surface area (Å²) >= 11 is 0. The zero-order valence-electron chi connectivity index (χ0n) is 15.0. The molecule has 0 fully saturated rings. The van der Waals surface area contributed by atoms with E-state index >= 15 is 0 Å². The van der Waals surface area contributed by atoms with Gasteiger partial charge in [0, 0.05) is 5.56 Å². The molecule has 1 amide bonds. The van der Waals surface area contributed by atoms with E-state index in [1.54, 1.807) is 12.3 Å². The van der Waals surface area contributed by atoms with Gasteiger partial charge in [-0.2, -0.15) is 9.82 Å². The average Bonchev–Trinajstić information content (AvgIpc) is 2.99. The predicted molar refractivity (Wildman–Crippen MR) is 99.0 cm³/mol. The van der Waals surface area contributed by atoms with E-state index in [4.69, 9.17) is 11.5 Å². The minimum Gasteiger partial charge on any atom is -0.381 e. The number of nitrogen functional groups attached to an aromatic ring is 1. The number of aryl methyl sites for hydroxylation is 1. The zero-order valence-corrected chi connectivity index (χ0v) is 15.8. The Hall–Kier alpha value is -3.05. The Morgan fingerprint density at radius 1 is 1.26 bits per heavy atom. The number of nitrogens with zero attached hydrogens (tertiary/aromatic N) is 4. The number of hydrogen-bond donors (Lipinski definition) is 3. The van der Waals surface area contributed by atoms with Gasteiger partial charge in [0.05, 0.1) is 16.8 Å². The smallest absolute Gasteiger partial charge is 0.241 e. The van der Waals surface area contributed by atoms with E-state index in [9.17, 15) is 13.2 Å². The van der Waals surface area contributed by atoms with Gasteiger partial charge in [0.2, 0.25) is 15.9 Å². The maximum absolute atomic E-state index is 12.7. The first-order valence-electron chi connectivity index (χ1n) is 7.92. The van der Waals surface area contributed by atoms with Crippen molar-refractivity contribution < 1.29 is 13.2 Å². The Morgan fingerprint density at radius 3 is 2.63 bits per heavy atom. The van der Waals surface area contributed by atoms with Crippen LogP contribution in [0.1, 0.15) is 19.4 Å². The van der Waals surface area contributed by atoms with Gasteiger partial charge < -0.3 is 11.5 Å². The van der Waals surface area contributed by atoms with Gasteiger partial charge in [-0.25, -0.2) is 22.9 Å². The molecule has 142 valence electrons. The molecule has 3 rings (SSSR count). The highest BCUT2D eigenvalue weighted by atomic mass is 32.2. The van der Waals surface area contributed by atoms with Crippen molar-refractivity contribution in [2.24, 2.45) is 5.73 Å². The van der Waals surface area contributed by atoms with Gasteiger partial charge in [-0.3, -0.25) is 4.79 Å². The van der Waals surface area contributed by atoms with Crippen LogP contribution in [0.4, 0.5) is 5.82 Å². The quantitative estimate of drug-likeness (QED) is 0.563. The Kier molecular flexibility index (Phi) is 4.36. The second-order valence-corrected chi connectivity index (χ2v) is 8.28.